The van der Waals surface area contributed by atoms with Gasteiger partial charge in [0, 0.05) is 18.3 Å². The summed E-state index contributed by atoms with van der Waals surface area (Å²) in [6.07, 6.45) is 0.904. The number of likely N-dealkylation sites (N-methyl/N-ethyl adjacent to an activating group) is 1. The molecule has 7 heteroatoms. The van der Waals surface area contributed by atoms with E-state index in [2.05, 4.69) is 0 Å². The number of hydrogen-bond donors (Lipinski definition) is 3. The molecule has 39 heavy (non-hydrogen) atoms. The van der Waals surface area contributed by atoms with Gasteiger partial charge in [0.05, 0.1) is 18.2 Å². The van der Waals surface area contributed by atoms with Crippen LogP contribution in [0.15, 0.2) is 97.1 Å². The number of amides is 2. The van der Waals surface area contributed by atoms with Gasteiger partial charge in [-0.1, -0.05) is 54.6 Å². The van der Waals surface area contributed by atoms with Crippen molar-refractivity contribution >= 4 is 11.7 Å². The zero-order chi connectivity index (χ0) is 27.5. The van der Waals surface area contributed by atoms with Crippen molar-refractivity contribution in [2.24, 2.45) is 0 Å². The fraction of sp³-hybridized carbons (Fsp3) is 0.219. The molecule has 1 saturated heterocycles. The summed E-state index contributed by atoms with van der Waals surface area (Å²) in [4.78, 5) is 17.0. The summed E-state index contributed by atoms with van der Waals surface area (Å²) in [7, 11) is 1.76. The first-order chi connectivity index (χ1) is 18.8. The van der Waals surface area contributed by atoms with Crippen molar-refractivity contribution in [3.63, 3.8) is 0 Å². The highest BCUT2D eigenvalue weighted by Gasteiger charge is 2.46. The Morgan fingerprint density at radius 3 is 2.28 bits per heavy atom. The molecule has 0 radical (unpaired) electrons. The first kappa shape index (κ1) is 26.3. The lowest BCUT2D eigenvalue weighted by atomic mass is 9.91. The molecule has 3 unspecified atom stereocenters. The molecule has 3 atom stereocenters. The second kappa shape index (κ2) is 11.2. The molecule has 0 saturated carbocycles. The van der Waals surface area contributed by atoms with Gasteiger partial charge in [0.2, 0.25) is 0 Å². The van der Waals surface area contributed by atoms with Gasteiger partial charge in [0.25, 0.3) is 0 Å². The quantitative estimate of drug-likeness (QED) is 0.236. The molecular weight excluding hydrogens is 495 g/mol. The Morgan fingerprint density at radius 2 is 1.59 bits per heavy atom. The van der Waals surface area contributed by atoms with E-state index in [1.54, 1.807) is 53.2 Å². The molecule has 4 aromatic rings. The Balaban J connectivity index is 1.44. The summed E-state index contributed by atoms with van der Waals surface area (Å²) in [5.41, 5.74) is 3.50. The predicted molar refractivity (Wildman–Crippen MR) is 149 cm³/mol. The normalized spacial score (nSPS) is 18.0. The van der Waals surface area contributed by atoms with Crippen LogP contribution in [0.2, 0.25) is 0 Å². The van der Waals surface area contributed by atoms with Crippen molar-refractivity contribution < 1.29 is 24.5 Å². The maximum absolute atomic E-state index is 13.5. The zero-order valence-corrected chi connectivity index (χ0v) is 21.6. The van der Waals surface area contributed by atoms with Crippen LogP contribution < -0.4 is 4.90 Å². The lowest BCUT2D eigenvalue weighted by molar-refractivity contribution is 0.158. The number of carbonyl (C=O) groups is 1. The maximum Gasteiger partial charge on any atom is 0.325 e. The molecule has 2 amide bonds. The van der Waals surface area contributed by atoms with Crippen molar-refractivity contribution in [1.82, 2.24) is 4.90 Å². The third kappa shape index (κ3) is 5.45. The number of anilines is 1. The van der Waals surface area contributed by atoms with Gasteiger partial charge in [-0.05, 0) is 78.4 Å². The first-order valence-electron chi connectivity index (χ1n) is 13.0. The summed E-state index contributed by atoms with van der Waals surface area (Å²) in [6.45, 7) is 0. The van der Waals surface area contributed by atoms with E-state index >= 15 is 0 Å². The molecule has 1 aliphatic rings. The van der Waals surface area contributed by atoms with E-state index in [0.717, 1.165) is 16.8 Å². The predicted octanol–water partition coefficient (Wildman–Crippen LogP) is 6.79. The number of aliphatic hydroxyl groups is 1. The van der Waals surface area contributed by atoms with Gasteiger partial charge in [-0.2, -0.15) is 0 Å². The summed E-state index contributed by atoms with van der Waals surface area (Å²) < 4.78 is 13.3. The third-order valence-electron chi connectivity index (χ3n) is 7.44. The number of phenolic OH excluding ortho intramolecular Hbond substituents is 2. The van der Waals surface area contributed by atoms with Crippen LogP contribution >= 0.6 is 0 Å². The maximum atomic E-state index is 13.5. The highest BCUT2D eigenvalue weighted by molar-refractivity contribution is 5.96. The van der Waals surface area contributed by atoms with Gasteiger partial charge < -0.3 is 20.2 Å². The largest absolute Gasteiger partial charge is 0.508 e. The van der Waals surface area contributed by atoms with Gasteiger partial charge in [0.1, 0.15) is 17.3 Å². The van der Waals surface area contributed by atoms with Crippen LogP contribution in [0.5, 0.6) is 11.5 Å². The first-order valence-corrected chi connectivity index (χ1v) is 13.0. The van der Waals surface area contributed by atoms with Crippen LogP contribution in [-0.4, -0.2) is 39.3 Å². The summed E-state index contributed by atoms with van der Waals surface area (Å²) in [5, 5.41) is 31.8. The lowest BCUT2D eigenvalue weighted by Crippen LogP contribution is -2.31. The SMILES string of the molecule is CN1C(=O)N(c2ccccc2)C(c2ccc(-c3cccc(O)c3)cc2O)C1CCCC(O)c1ccc(F)cc1. The molecule has 1 fully saturated rings. The van der Waals surface area contributed by atoms with Crippen LogP contribution in [0.3, 0.4) is 0 Å². The number of halogens is 1. The Kier molecular flexibility index (Phi) is 7.52. The van der Waals surface area contributed by atoms with Crippen molar-refractivity contribution in [1.29, 1.82) is 0 Å². The number of aromatic hydroxyl groups is 2. The van der Waals surface area contributed by atoms with E-state index < -0.39 is 12.1 Å². The molecular formula is C32H31FN2O4. The third-order valence-corrected chi connectivity index (χ3v) is 7.44. The number of rotatable bonds is 8. The van der Waals surface area contributed by atoms with E-state index in [-0.39, 0.29) is 29.4 Å². The number of nitrogens with zero attached hydrogens (tertiary/aromatic N) is 2. The van der Waals surface area contributed by atoms with Gasteiger partial charge in [0.15, 0.2) is 0 Å². The molecule has 1 aliphatic heterocycles. The number of phenols is 2. The minimum Gasteiger partial charge on any atom is -0.508 e. The van der Waals surface area contributed by atoms with E-state index in [9.17, 15) is 24.5 Å². The van der Waals surface area contributed by atoms with Crippen LogP contribution in [0.1, 0.15) is 42.5 Å². The molecule has 200 valence electrons. The number of hydrogen-bond acceptors (Lipinski definition) is 4. The summed E-state index contributed by atoms with van der Waals surface area (Å²) in [6, 6.07) is 26.5. The average Bonchev–Trinajstić information content (AvgIpc) is 3.18. The van der Waals surface area contributed by atoms with Crippen molar-refractivity contribution in [2.45, 2.75) is 37.5 Å². The van der Waals surface area contributed by atoms with E-state index in [1.165, 1.54) is 12.1 Å². The summed E-state index contributed by atoms with van der Waals surface area (Å²) in [5.74, 6) is -0.158. The summed E-state index contributed by atoms with van der Waals surface area (Å²) >= 11 is 0. The molecule has 0 bridgehead atoms. The smallest absolute Gasteiger partial charge is 0.325 e. The minimum absolute atomic E-state index is 0.0567. The molecule has 3 N–H and O–H groups in total. The van der Waals surface area contributed by atoms with Gasteiger partial charge in [-0.15, -0.1) is 0 Å². The van der Waals surface area contributed by atoms with Gasteiger partial charge in [-0.25, -0.2) is 9.18 Å². The number of carbonyl (C=O) groups excluding carboxylic acids is 1. The highest BCUT2D eigenvalue weighted by Crippen LogP contribution is 2.44. The number of aliphatic hydroxyl groups excluding tert-OH is 1. The second-order valence-electron chi connectivity index (χ2n) is 9.93. The fourth-order valence-corrected chi connectivity index (χ4v) is 5.40. The van der Waals surface area contributed by atoms with Crippen LogP contribution in [-0.2, 0) is 0 Å². The number of urea groups is 1. The fourth-order valence-electron chi connectivity index (χ4n) is 5.40. The van der Waals surface area contributed by atoms with Crippen LogP contribution in [0, 0.1) is 5.82 Å². The Hall–Kier alpha value is -4.36. The Labute approximate surface area is 227 Å². The molecule has 4 aromatic carbocycles. The van der Waals surface area contributed by atoms with Gasteiger partial charge in [-0.3, -0.25) is 4.90 Å². The monoisotopic (exact) mass is 526 g/mol. The van der Waals surface area contributed by atoms with E-state index in [4.69, 9.17) is 0 Å². The number of benzene rings is 4. The van der Waals surface area contributed by atoms with Crippen molar-refractivity contribution in [3.8, 4) is 22.6 Å². The molecule has 0 aromatic heterocycles. The Bertz CT molecular complexity index is 1440. The topological polar surface area (TPSA) is 84.2 Å². The zero-order valence-electron chi connectivity index (χ0n) is 21.6. The van der Waals surface area contributed by atoms with E-state index in [1.807, 2.05) is 48.5 Å². The number of para-hydroxylation sites is 1. The molecule has 0 aliphatic carbocycles. The minimum atomic E-state index is -0.744. The highest BCUT2D eigenvalue weighted by atomic mass is 19.1. The van der Waals surface area contributed by atoms with Crippen molar-refractivity contribution in [2.75, 3.05) is 11.9 Å². The molecule has 6 nitrogen and oxygen atoms in total. The Morgan fingerprint density at radius 1 is 0.872 bits per heavy atom. The average molecular weight is 527 g/mol. The standard InChI is InChI=1S/C32H31FN2O4/c1-34-28(11-6-12-29(37)21-13-16-24(33)17-14-21)31(35(32(34)39)25-8-3-2-4-9-25)27-18-15-23(20-30(27)38)22-7-5-10-26(36)19-22/h2-5,7-10,13-20,28-29,31,36-38H,6,11-12H2,1H3. The van der Waals surface area contributed by atoms with Gasteiger partial charge >= 0.3 is 6.03 Å². The second-order valence-corrected chi connectivity index (χ2v) is 9.93. The van der Waals surface area contributed by atoms with Crippen LogP contribution in [0.4, 0.5) is 14.9 Å². The lowest BCUT2D eigenvalue weighted by Gasteiger charge is -2.29. The van der Waals surface area contributed by atoms with Crippen molar-refractivity contribution in [3.05, 3.63) is 114 Å². The van der Waals surface area contributed by atoms with Crippen LogP contribution in [0.25, 0.3) is 11.1 Å². The molecule has 0 spiro atoms. The molecule has 1 heterocycles. The van der Waals surface area contributed by atoms with E-state index in [0.29, 0.717) is 30.4 Å². The molecule has 5 rings (SSSR count).